The highest BCUT2D eigenvalue weighted by molar-refractivity contribution is 5.85. The smallest absolute Gasteiger partial charge is 0.123 e. The van der Waals surface area contributed by atoms with E-state index in [0.29, 0.717) is 0 Å². The Balaban J connectivity index is 0.000000810. The maximum absolute atomic E-state index is 10.3. The van der Waals surface area contributed by atoms with E-state index < -0.39 is 0 Å². The molecular formula is C7H12ClNO. The fourth-order valence-electron chi connectivity index (χ4n) is 0.920. The van der Waals surface area contributed by atoms with Crippen LogP contribution in [0.3, 0.4) is 0 Å². The summed E-state index contributed by atoms with van der Waals surface area (Å²) in [6.45, 7) is 0.930. The first-order valence-corrected chi connectivity index (χ1v) is 3.27. The highest BCUT2D eigenvalue weighted by Gasteiger charge is 2.05. The Labute approximate surface area is 67.1 Å². The predicted molar refractivity (Wildman–Crippen MR) is 43.2 cm³/mol. The molecule has 0 saturated heterocycles. The Morgan fingerprint density at radius 1 is 1.60 bits per heavy atom. The number of allylic oxidation sites excluding steroid dienone is 1. The van der Waals surface area contributed by atoms with Crippen LogP contribution in [0.15, 0.2) is 12.3 Å². The Morgan fingerprint density at radius 3 is 3.10 bits per heavy atom. The minimum Gasteiger partial charge on any atom is -0.391 e. The summed E-state index contributed by atoms with van der Waals surface area (Å²) >= 11 is 0. The van der Waals surface area contributed by atoms with Gasteiger partial charge in [0.25, 0.3) is 0 Å². The third-order valence-electron chi connectivity index (χ3n) is 1.53. The monoisotopic (exact) mass is 161 g/mol. The molecule has 1 rings (SSSR count). The van der Waals surface area contributed by atoms with E-state index in [2.05, 4.69) is 5.32 Å². The van der Waals surface area contributed by atoms with Gasteiger partial charge in [-0.05, 0) is 19.0 Å². The first-order valence-electron chi connectivity index (χ1n) is 3.27. The van der Waals surface area contributed by atoms with Crippen LogP contribution in [0.5, 0.6) is 0 Å². The zero-order chi connectivity index (χ0) is 6.53. The second-order valence-corrected chi connectivity index (χ2v) is 2.28. The van der Waals surface area contributed by atoms with E-state index in [1.54, 1.807) is 0 Å². The second kappa shape index (κ2) is 5.30. The average molecular weight is 162 g/mol. The number of halogens is 1. The lowest BCUT2D eigenvalue weighted by molar-refractivity contribution is -0.111. The van der Waals surface area contributed by atoms with Crippen molar-refractivity contribution >= 4 is 18.7 Å². The molecule has 1 N–H and O–H groups in total. The molecule has 0 saturated carbocycles. The number of carbonyl (C=O) groups is 1. The van der Waals surface area contributed by atoms with Crippen molar-refractivity contribution in [2.75, 3.05) is 6.54 Å². The van der Waals surface area contributed by atoms with Crippen LogP contribution in [0.1, 0.15) is 12.8 Å². The van der Waals surface area contributed by atoms with E-state index in [4.69, 9.17) is 0 Å². The van der Waals surface area contributed by atoms with Crippen LogP contribution in [-0.4, -0.2) is 12.8 Å². The lowest BCUT2D eigenvalue weighted by Gasteiger charge is -2.01. The molecule has 3 heteroatoms. The third kappa shape index (κ3) is 2.87. The van der Waals surface area contributed by atoms with Gasteiger partial charge in [0.05, 0.1) is 0 Å². The van der Waals surface area contributed by atoms with E-state index in [-0.39, 0.29) is 18.3 Å². The molecule has 1 aliphatic heterocycles. The third-order valence-corrected chi connectivity index (χ3v) is 1.53. The van der Waals surface area contributed by atoms with Crippen LogP contribution in [0, 0.1) is 5.92 Å². The normalized spacial score (nSPS) is 23.8. The molecule has 1 aliphatic rings. The second-order valence-electron chi connectivity index (χ2n) is 2.28. The van der Waals surface area contributed by atoms with Crippen LogP contribution in [0.2, 0.25) is 0 Å². The Hall–Kier alpha value is -0.500. The van der Waals surface area contributed by atoms with Crippen LogP contribution >= 0.6 is 12.4 Å². The molecule has 0 bridgehead atoms. The van der Waals surface area contributed by atoms with Crippen molar-refractivity contribution in [2.24, 2.45) is 5.92 Å². The van der Waals surface area contributed by atoms with Crippen LogP contribution in [0.25, 0.3) is 0 Å². The van der Waals surface area contributed by atoms with Gasteiger partial charge in [0.1, 0.15) is 6.29 Å². The number of hydrogen-bond donors (Lipinski definition) is 1. The Kier molecular flexibility index (Phi) is 5.03. The number of aldehydes is 1. The minimum absolute atomic E-state index is 0. The maximum Gasteiger partial charge on any atom is 0.123 e. The lowest BCUT2D eigenvalue weighted by atomic mass is 10.0. The molecule has 0 aromatic heterocycles. The summed E-state index contributed by atoms with van der Waals surface area (Å²) in [6, 6.07) is 0. The Bertz CT molecular complexity index is 125. The quantitative estimate of drug-likeness (QED) is 0.584. The van der Waals surface area contributed by atoms with E-state index in [1.807, 2.05) is 12.3 Å². The molecule has 58 valence electrons. The molecule has 0 aromatic rings. The molecule has 0 amide bonds. The average Bonchev–Trinajstić information content (AvgIpc) is 2.13. The van der Waals surface area contributed by atoms with Crippen LogP contribution in [0.4, 0.5) is 0 Å². The van der Waals surface area contributed by atoms with Gasteiger partial charge in [-0.25, -0.2) is 0 Å². The molecule has 0 aromatic carbocycles. The molecule has 0 radical (unpaired) electrons. The molecule has 1 unspecified atom stereocenters. The molecule has 0 spiro atoms. The standard InChI is InChI=1S/C7H11NO.ClH/c9-6-7-2-1-4-8-5-3-7;/h1,4,6-8H,2-3,5H2;1H. The van der Waals surface area contributed by atoms with Gasteiger partial charge in [-0.3, -0.25) is 0 Å². The van der Waals surface area contributed by atoms with Gasteiger partial charge >= 0.3 is 0 Å². The fraction of sp³-hybridized carbons (Fsp3) is 0.571. The largest absolute Gasteiger partial charge is 0.391 e. The SMILES string of the molecule is Cl.O=CC1CC=CNCC1. The van der Waals surface area contributed by atoms with E-state index in [1.165, 1.54) is 0 Å². The van der Waals surface area contributed by atoms with Crippen molar-refractivity contribution in [3.8, 4) is 0 Å². The zero-order valence-electron chi connectivity index (χ0n) is 5.75. The van der Waals surface area contributed by atoms with Crippen molar-refractivity contribution in [3.05, 3.63) is 12.3 Å². The molecule has 0 fully saturated rings. The fourth-order valence-corrected chi connectivity index (χ4v) is 0.920. The number of rotatable bonds is 1. The highest BCUT2D eigenvalue weighted by Crippen LogP contribution is 2.06. The summed E-state index contributed by atoms with van der Waals surface area (Å²) in [5.41, 5.74) is 0. The summed E-state index contributed by atoms with van der Waals surface area (Å²) in [5.74, 6) is 0.247. The summed E-state index contributed by atoms with van der Waals surface area (Å²) in [5, 5.41) is 3.07. The first-order chi connectivity index (χ1) is 4.43. The summed E-state index contributed by atoms with van der Waals surface area (Å²) < 4.78 is 0. The topological polar surface area (TPSA) is 29.1 Å². The van der Waals surface area contributed by atoms with Crippen molar-refractivity contribution in [1.82, 2.24) is 5.32 Å². The van der Waals surface area contributed by atoms with Gasteiger partial charge in [0.15, 0.2) is 0 Å². The van der Waals surface area contributed by atoms with Gasteiger partial charge in [-0.2, -0.15) is 0 Å². The predicted octanol–water partition coefficient (Wildman–Crippen LogP) is 1.12. The highest BCUT2D eigenvalue weighted by atomic mass is 35.5. The number of carbonyl (C=O) groups excluding carboxylic acids is 1. The zero-order valence-corrected chi connectivity index (χ0v) is 6.56. The molecular weight excluding hydrogens is 150 g/mol. The number of hydrogen-bond acceptors (Lipinski definition) is 2. The molecule has 0 aliphatic carbocycles. The van der Waals surface area contributed by atoms with Gasteiger partial charge in [-0.1, -0.05) is 6.08 Å². The minimum atomic E-state index is 0. The van der Waals surface area contributed by atoms with Crippen molar-refractivity contribution in [1.29, 1.82) is 0 Å². The molecule has 10 heavy (non-hydrogen) atoms. The molecule has 2 nitrogen and oxygen atoms in total. The summed E-state index contributed by atoms with van der Waals surface area (Å²) in [7, 11) is 0. The summed E-state index contributed by atoms with van der Waals surface area (Å²) in [6.07, 6.45) is 6.83. The first kappa shape index (κ1) is 9.50. The lowest BCUT2D eigenvalue weighted by Crippen LogP contribution is -2.09. The number of nitrogens with one attached hydrogen (secondary N) is 1. The van der Waals surface area contributed by atoms with E-state index in [9.17, 15) is 4.79 Å². The summed E-state index contributed by atoms with van der Waals surface area (Å²) in [4.78, 5) is 10.3. The van der Waals surface area contributed by atoms with Crippen LogP contribution < -0.4 is 5.32 Å². The van der Waals surface area contributed by atoms with E-state index in [0.717, 1.165) is 25.7 Å². The Morgan fingerprint density at radius 2 is 2.40 bits per heavy atom. The van der Waals surface area contributed by atoms with Gasteiger partial charge < -0.3 is 10.1 Å². The van der Waals surface area contributed by atoms with Crippen molar-refractivity contribution in [3.63, 3.8) is 0 Å². The molecule has 1 heterocycles. The van der Waals surface area contributed by atoms with Crippen LogP contribution in [-0.2, 0) is 4.79 Å². The maximum atomic E-state index is 10.3. The van der Waals surface area contributed by atoms with Gasteiger partial charge in [0.2, 0.25) is 0 Å². The van der Waals surface area contributed by atoms with Crippen molar-refractivity contribution < 1.29 is 4.79 Å². The molecule has 1 atom stereocenters. The van der Waals surface area contributed by atoms with Gasteiger partial charge in [0, 0.05) is 12.5 Å². The van der Waals surface area contributed by atoms with E-state index >= 15 is 0 Å². The van der Waals surface area contributed by atoms with Crippen molar-refractivity contribution in [2.45, 2.75) is 12.8 Å². The van der Waals surface area contributed by atoms with Gasteiger partial charge in [-0.15, -0.1) is 12.4 Å².